The van der Waals surface area contributed by atoms with Crippen LogP contribution in [0.25, 0.3) is 0 Å². The quantitative estimate of drug-likeness (QED) is 0.423. The van der Waals surface area contributed by atoms with E-state index in [0.717, 1.165) is 13.0 Å². The summed E-state index contributed by atoms with van der Waals surface area (Å²) in [4.78, 5) is 1.98. The van der Waals surface area contributed by atoms with E-state index in [1.807, 2.05) is 39.8 Å². The fourth-order valence-corrected chi connectivity index (χ4v) is 1.90. The molecule has 1 atom stereocenters. The molecule has 0 aromatic carbocycles. The van der Waals surface area contributed by atoms with Crippen LogP contribution in [-0.4, -0.2) is 68.8 Å². The molecule has 0 aliphatic carbocycles. The van der Waals surface area contributed by atoms with E-state index in [-0.39, 0.29) is 6.29 Å². The van der Waals surface area contributed by atoms with Crippen LogP contribution < -0.4 is 5.32 Å². The second-order valence-electron chi connectivity index (χ2n) is 5.04. The highest BCUT2D eigenvalue weighted by Gasteiger charge is 2.20. The van der Waals surface area contributed by atoms with Crippen molar-refractivity contribution in [3.8, 4) is 0 Å². The van der Waals surface area contributed by atoms with Crippen molar-refractivity contribution in [1.29, 1.82) is 0 Å². The summed E-state index contributed by atoms with van der Waals surface area (Å²) in [7, 11) is 3.91. The van der Waals surface area contributed by atoms with Crippen LogP contribution in [0.15, 0.2) is 0 Å². The van der Waals surface area contributed by atoms with Crippen LogP contribution in [0.3, 0.4) is 0 Å². The van der Waals surface area contributed by atoms with Crippen molar-refractivity contribution in [2.24, 2.45) is 0 Å². The fourth-order valence-electron chi connectivity index (χ4n) is 1.90. The molecule has 0 amide bonds. The maximum atomic E-state index is 10.1. The van der Waals surface area contributed by atoms with Gasteiger partial charge in [-0.1, -0.05) is 0 Å². The van der Waals surface area contributed by atoms with Crippen LogP contribution in [0.5, 0.6) is 0 Å². The Morgan fingerprint density at radius 1 is 1.22 bits per heavy atom. The molecular weight excluding hydrogens is 232 g/mol. The Bertz CT molecular complexity index is 193. The zero-order chi connectivity index (χ0) is 14.0. The summed E-state index contributed by atoms with van der Waals surface area (Å²) >= 11 is 0. The molecular formula is C13H30N2O3. The Balaban J connectivity index is 3.75. The van der Waals surface area contributed by atoms with Crippen molar-refractivity contribution in [2.45, 2.75) is 39.1 Å². The third-order valence-electron chi connectivity index (χ3n) is 2.42. The van der Waals surface area contributed by atoms with Gasteiger partial charge in [0.05, 0.1) is 5.60 Å². The lowest BCUT2D eigenvalue weighted by Crippen LogP contribution is -2.46. The van der Waals surface area contributed by atoms with E-state index >= 15 is 0 Å². The molecule has 0 bridgehead atoms. The van der Waals surface area contributed by atoms with Gasteiger partial charge in [0.2, 0.25) is 0 Å². The standard InChI is InChI=1S/C13H30N2O3/c1-6-17-12(18-7-2)8-9-14-10-13(3,16)11-15(4)5/h12,14,16H,6-11H2,1-5H3. The summed E-state index contributed by atoms with van der Waals surface area (Å²) in [6.07, 6.45) is 0.644. The molecule has 0 aliphatic rings. The molecule has 0 saturated carbocycles. The number of aliphatic hydroxyl groups is 1. The number of rotatable bonds is 11. The summed E-state index contributed by atoms with van der Waals surface area (Å²) in [5.41, 5.74) is -0.712. The minimum atomic E-state index is -0.712. The lowest BCUT2D eigenvalue weighted by Gasteiger charge is -2.27. The van der Waals surface area contributed by atoms with Crippen molar-refractivity contribution in [3.05, 3.63) is 0 Å². The first kappa shape index (κ1) is 17.8. The van der Waals surface area contributed by atoms with E-state index in [4.69, 9.17) is 9.47 Å². The molecule has 0 aromatic heterocycles. The third kappa shape index (κ3) is 9.79. The van der Waals surface area contributed by atoms with Gasteiger partial charge in [0.1, 0.15) is 0 Å². The molecule has 0 heterocycles. The van der Waals surface area contributed by atoms with E-state index in [2.05, 4.69) is 5.32 Å². The first-order valence-electron chi connectivity index (χ1n) is 6.72. The average molecular weight is 262 g/mol. The summed E-state index contributed by atoms with van der Waals surface area (Å²) in [5, 5.41) is 13.3. The number of nitrogens with zero attached hydrogens (tertiary/aromatic N) is 1. The lowest BCUT2D eigenvalue weighted by atomic mass is 10.1. The highest BCUT2D eigenvalue weighted by molar-refractivity contribution is 4.77. The predicted molar refractivity (Wildman–Crippen MR) is 73.7 cm³/mol. The molecule has 0 spiro atoms. The Labute approximate surface area is 111 Å². The zero-order valence-electron chi connectivity index (χ0n) is 12.5. The van der Waals surface area contributed by atoms with Gasteiger partial charge in [-0.15, -0.1) is 0 Å². The number of hydrogen-bond acceptors (Lipinski definition) is 5. The van der Waals surface area contributed by atoms with Crippen molar-refractivity contribution in [3.63, 3.8) is 0 Å². The minimum absolute atomic E-state index is 0.147. The van der Waals surface area contributed by atoms with E-state index in [1.54, 1.807) is 0 Å². The summed E-state index contributed by atoms with van der Waals surface area (Å²) < 4.78 is 10.9. The van der Waals surface area contributed by atoms with Crippen LogP contribution in [0.1, 0.15) is 27.2 Å². The number of likely N-dealkylation sites (N-methyl/N-ethyl adjacent to an activating group) is 1. The molecule has 0 aromatic rings. The number of ether oxygens (including phenoxy) is 2. The van der Waals surface area contributed by atoms with Gasteiger partial charge in [-0.3, -0.25) is 0 Å². The SMILES string of the molecule is CCOC(CCNCC(C)(O)CN(C)C)OCC. The molecule has 5 nitrogen and oxygen atoms in total. The highest BCUT2D eigenvalue weighted by Crippen LogP contribution is 2.04. The summed E-state index contributed by atoms with van der Waals surface area (Å²) in [6.45, 7) is 9.04. The predicted octanol–water partition coefficient (Wildman–Crippen LogP) is 0.678. The van der Waals surface area contributed by atoms with Gasteiger partial charge in [-0.05, 0) is 34.9 Å². The second kappa shape index (κ2) is 9.69. The molecule has 110 valence electrons. The molecule has 0 aliphatic heterocycles. The Kier molecular flexibility index (Phi) is 9.59. The molecule has 0 saturated heterocycles. The van der Waals surface area contributed by atoms with Crippen molar-refractivity contribution >= 4 is 0 Å². The van der Waals surface area contributed by atoms with Gasteiger partial charge in [-0.2, -0.15) is 0 Å². The first-order chi connectivity index (χ1) is 8.41. The summed E-state index contributed by atoms with van der Waals surface area (Å²) in [5.74, 6) is 0. The van der Waals surface area contributed by atoms with Gasteiger partial charge in [-0.25, -0.2) is 0 Å². The molecule has 0 rings (SSSR count). The van der Waals surface area contributed by atoms with Gasteiger partial charge in [0.15, 0.2) is 6.29 Å². The Hall–Kier alpha value is -0.200. The Morgan fingerprint density at radius 3 is 2.22 bits per heavy atom. The fraction of sp³-hybridized carbons (Fsp3) is 1.00. The maximum absolute atomic E-state index is 10.1. The maximum Gasteiger partial charge on any atom is 0.158 e. The highest BCUT2D eigenvalue weighted by atomic mass is 16.7. The van der Waals surface area contributed by atoms with E-state index < -0.39 is 5.60 Å². The topological polar surface area (TPSA) is 54.0 Å². The summed E-state index contributed by atoms with van der Waals surface area (Å²) in [6, 6.07) is 0. The Morgan fingerprint density at radius 2 is 1.78 bits per heavy atom. The lowest BCUT2D eigenvalue weighted by molar-refractivity contribution is -0.139. The van der Waals surface area contributed by atoms with Crippen LogP contribution in [0, 0.1) is 0 Å². The van der Waals surface area contributed by atoms with Gasteiger partial charge < -0.3 is 24.8 Å². The molecule has 0 radical (unpaired) electrons. The zero-order valence-corrected chi connectivity index (χ0v) is 12.5. The van der Waals surface area contributed by atoms with E-state index in [0.29, 0.717) is 26.3 Å². The smallest absolute Gasteiger partial charge is 0.158 e. The van der Waals surface area contributed by atoms with Crippen molar-refractivity contribution in [1.82, 2.24) is 10.2 Å². The van der Waals surface area contributed by atoms with Gasteiger partial charge >= 0.3 is 0 Å². The monoisotopic (exact) mass is 262 g/mol. The molecule has 2 N–H and O–H groups in total. The van der Waals surface area contributed by atoms with E-state index in [9.17, 15) is 5.11 Å². The number of hydrogen-bond donors (Lipinski definition) is 2. The largest absolute Gasteiger partial charge is 0.388 e. The normalized spacial score (nSPS) is 15.3. The molecule has 18 heavy (non-hydrogen) atoms. The van der Waals surface area contributed by atoms with Crippen LogP contribution in [-0.2, 0) is 9.47 Å². The molecule has 1 unspecified atom stereocenters. The third-order valence-corrected chi connectivity index (χ3v) is 2.42. The average Bonchev–Trinajstić information content (AvgIpc) is 2.23. The first-order valence-corrected chi connectivity index (χ1v) is 6.72. The minimum Gasteiger partial charge on any atom is -0.388 e. The molecule has 5 heteroatoms. The van der Waals surface area contributed by atoms with Crippen molar-refractivity contribution < 1.29 is 14.6 Å². The van der Waals surface area contributed by atoms with Gasteiger partial charge in [0, 0.05) is 39.3 Å². The van der Waals surface area contributed by atoms with Crippen LogP contribution in [0.4, 0.5) is 0 Å². The second-order valence-corrected chi connectivity index (χ2v) is 5.04. The van der Waals surface area contributed by atoms with Crippen molar-refractivity contribution in [2.75, 3.05) is 46.9 Å². The van der Waals surface area contributed by atoms with Crippen LogP contribution >= 0.6 is 0 Å². The number of nitrogens with one attached hydrogen (secondary N) is 1. The van der Waals surface area contributed by atoms with Crippen LogP contribution in [0.2, 0.25) is 0 Å². The molecule has 0 fully saturated rings. The van der Waals surface area contributed by atoms with Gasteiger partial charge in [0.25, 0.3) is 0 Å². The van der Waals surface area contributed by atoms with E-state index in [1.165, 1.54) is 0 Å².